The number of halogens is 1. The highest BCUT2D eigenvalue weighted by atomic mass is 19.1. The van der Waals surface area contributed by atoms with Crippen LogP contribution in [-0.2, 0) is 17.8 Å². The molecular formula is C23H22FN7O2. The average Bonchev–Trinajstić information content (AvgIpc) is 3.11. The molecule has 5 rings (SSSR count). The number of likely N-dealkylation sites (N-methyl/N-ethyl adjacent to an activating group) is 1. The number of nitrogen functional groups attached to an aromatic ring is 1. The summed E-state index contributed by atoms with van der Waals surface area (Å²) in [5.74, 6) is 0.466. The van der Waals surface area contributed by atoms with E-state index < -0.39 is 5.82 Å². The summed E-state index contributed by atoms with van der Waals surface area (Å²) in [7, 11) is 1.78. The third kappa shape index (κ3) is 3.59. The van der Waals surface area contributed by atoms with E-state index in [0.29, 0.717) is 46.5 Å². The van der Waals surface area contributed by atoms with Gasteiger partial charge in [0.15, 0.2) is 11.6 Å². The molecule has 0 saturated carbocycles. The molecule has 4 heterocycles. The van der Waals surface area contributed by atoms with Crippen molar-refractivity contribution in [2.45, 2.75) is 19.9 Å². The number of pyridine rings is 2. The SMILES string of the molecule is Cc1c(O)cncc1-c1cc2cc(Nc3cc4n(n3)CC(=O)N(C)CC4)ncc2c(N)c1F. The number of anilines is 3. The van der Waals surface area contributed by atoms with Gasteiger partial charge in [-0.2, -0.15) is 5.10 Å². The van der Waals surface area contributed by atoms with Gasteiger partial charge in [0.1, 0.15) is 18.1 Å². The van der Waals surface area contributed by atoms with Gasteiger partial charge in [-0.05, 0) is 24.4 Å². The lowest BCUT2D eigenvalue weighted by Gasteiger charge is -2.13. The highest BCUT2D eigenvalue weighted by Crippen LogP contribution is 2.36. The summed E-state index contributed by atoms with van der Waals surface area (Å²) in [6.45, 7) is 2.52. The van der Waals surface area contributed by atoms with E-state index in [1.54, 1.807) is 35.7 Å². The summed E-state index contributed by atoms with van der Waals surface area (Å²) in [6, 6.07) is 5.31. The van der Waals surface area contributed by atoms with Crippen LogP contribution in [0.4, 0.5) is 21.7 Å². The number of hydrogen-bond acceptors (Lipinski definition) is 7. The van der Waals surface area contributed by atoms with E-state index in [-0.39, 0.29) is 29.5 Å². The predicted octanol–water partition coefficient (Wildman–Crippen LogP) is 2.99. The zero-order chi connectivity index (χ0) is 23.3. The molecule has 168 valence electrons. The minimum Gasteiger partial charge on any atom is -0.506 e. The Balaban J connectivity index is 1.52. The Labute approximate surface area is 188 Å². The minimum atomic E-state index is -0.590. The molecule has 1 aliphatic heterocycles. The van der Waals surface area contributed by atoms with Gasteiger partial charge in [-0.15, -0.1) is 0 Å². The number of benzene rings is 1. The van der Waals surface area contributed by atoms with Crippen LogP contribution >= 0.6 is 0 Å². The molecule has 0 saturated heterocycles. The molecule has 9 nitrogen and oxygen atoms in total. The standard InChI is InChI=1S/C23H22FN7O2/c1-12-16(8-26-10-18(12)32)15-5-13-6-19(27-9-17(13)23(25)22(15)24)28-20-7-14-3-4-30(2)21(33)11-31(14)29-20/h5-10,32H,3-4,11,25H2,1-2H3,(H,27,28,29). The smallest absolute Gasteiger partial charge is 0.244 e. The normalized spacial score (nSPS) is 13.8. The van der Waals surface area contributed by atoms with Crippen LogP contribution in [0.5, 0.6) is 5.75 Å². The van der Waals surface area contributed by atoms with Crippen molar-refractivity contribution in [2.75, 3.05) is 24.6 Å². The topological polar surface area (TPSA) is 122 Å². The predicted molar refractivity (Wildman–Crippen MR) is 123 cm³/mol. The zero-order valence-electron chi connectivity index (χ0n) is 18.1. The largest absolute Gasteiger partial charge is 0.506 e. The van der Waals surface area contributed by atoms with E-state index in [4.69, 9.17) is 5.73 Å². The lowest BCUT2D eigenvalue weighted by Crippen LogP contribution is -2.29. The molecule has 10 heteroatoms. The van der Waals surface area contributed by atoms with Crippen LogP contribution in [0.2, 0.25) is 0 Å². The molecule has 0 aliphatic carbocycles. The van der Waals surface area contributed by atoms with Gasteiger partial charge in [0.05, 0.1) is 11.9 Å². The molecule has 0 radical (unpaired) electrons. The second kappa shape index (κ2) is 7.73. The summed E-state index contributed by atoms with van der Waals surface area (Å²) in [5.41, 5.74) is 8.22. The number of nitrogens with two attached hydrogens (primary N) is 1. The summed E-state index contributed by atoms with van der Waals surface area (Å²) >= 11 is 0. The molecule has 4 aromatic rings. The molecule has 1 amide bonds. The van der Waals surface area contributed by atoms with Crippen molar-refractivity contribution in [3.63, 3.8) is 0 Å². The fraction of sp³-hybridized carbons (Fsp3) is 0.217. The summed E-state index contributed by atoms with van der Waals surface area (Å²) in [6.07, 6.45) is 5.02. The lowest BCUT2D eigenvalue weighted by molar-refractivity contribution is -0.130. The highest BCUT2D eigenvalue weighted by Gasteiger charge is 2.20. The van der Waals surface area contributed by atoms with Gasteiger partial charge >= 0.3 is 0 Å². The molecule has 3 aromatic heterocycles. The molecule has 1 aliphatic rings. The van der Waals surface area contributed by atoms with Gasteiger partial charge in [-0.3, -0.25) is 14.5 Å². The Morgan fingerprint density at radius 3 is 2.79 bits per heavy atom. The maximum Gasteiger partial charge on any atom is 0.244 e. The van der Waals surface area contributed by atoms with Crippen LogP contribution in [-0.4, -0.2) is 49.3 Å². The monoisotopic (exact) mass is 447 g/mol. The number of nitrogens with zero attached hydrogens (tertiary/aromatic N) is 5. The molecule has 1 aromatic carbocycles. The quantitative estimate of drug-likeness (QED) is 0.413. The lowest BCUT2D eigenvalue weighted by atomic mass is 9.98. The average molecular weight is 447 g/mol. The highest BCUT2D eigenvalue weighted by molar-refractivity contribution is 5.98. The molecular weight excluding hydrogens is 425 g/mol. The second-order valence-corrected chi connectivity index (χ2v) is 8.14. The molecule has 4 N–H and O–H groups in total. The number of nitrogens with one attached hydrogen (secondary N) is 1. The van der Waals surface area contributed by atoms with Gasteiger partial charge in [-0.1, -0.05) is 0 Å². The Kier molecular flexibility index (Phi) is 4.85. The van der Waals surface area contributed by atoms with E-state index in [0.717, 1.165) is 5.69 Å². The number of fused-ring (bicyclic) bond motifs is 2. The van der Waals surface area contributed by atoms with Crippen molar-refractivity contribution in [1.82, 2.24) is 24.6 Å². The number of carbonyl (C=O) groups is 1. The molecule has 0 fully saturated rings. The Morgan fingerprint density at radius 1 is 1.15 bits per heavy atom. The summed E-state index contributed by atoms with van der Waals surface area (Å²) < 4.78 is 16.8. The van der Waals surface area contributed by atoms with E-state index >= 15 is 4.39 Å². The first-order valence-electron chi connectivity index (χ1n) is 10.4. The van der Waals surface area contributed by atoms with Crippen molar-refractivity contribution in [3.05, 3.63) is 53.9 Å². The van der Waals surface area contributed by atoms with Gasteiger partial charge in [0.2, 0.25) is 5.91 Å². The van der Waals surface area contributed by atoms with Crippen molar-refractivity contribution in [2.24, 2.45) is 0 Å². The van der Waals surface area contributed by atoms with Crippen LogP contribution in [0.25, 0.3) is 21.9 Å². The number of amides is 1. The molecule has 0 spiro atoms. The number of rotatable bonds is 3. The van der Waals surface area contributed by atoms with Crippen LogP contribution < -0.4 is 11.1 Å². The first-order valence-corrected chi connectivity index (χ1v) is 10.4. The summed E-state index contributed by atoms with van der Waals surface area (Å²) in [4.78, 5) is 22.1. The fourth-order valence-corrected chi connectivity index (χ4v) is 3.99. The van der Waals surface area contributed by atoms with E-state index in [1.165, 1.54) is 18.6 Å². The first-order chi connectivity index (χ1) is 15.8. The van der Waals surface area contributed by atoms with Gasteiger partial charge in [0, 0.05) is 66.2 Å². The number of aromatic hydroxyl groups is 1. The van der Waals surface area contributed by atoms with E-state index in [2.05, 4.69) is 20.4 Å². The van der Waals surface area contributed by atoms with Crippen molar-refractivity contribution in [3.8, 4) is 16.9 Å². The maximum absolute atomic E-state index is 15.1. The van der Waals surface area contributed by atoms with Crippen LogP contribution in [0.15, 0.2) is 36.8 Å². The van der Waals surface area contributed by atoms with E-state index in [1.807, 2.05) is 6.07 Å². The van der Waals surface area contributed by atoms with Crippen LogP contribution in [0.1, 0.15) is 11.3 Å². The van der Waals surface area contributed by atoms with Gasteiger partial charge in [0.25, 0.3) is 0 Å². The summed E-state index contributed by atoms with van der Waals surface area (Å²) in [5, 5.41) is 18.8. The number of hydrogen-bond donors (Lipinski definition) is 3. The molecule has 0 atom stereocenters. The van der Waals surface area contributed by atoms with Crippen molar-refractivity contribution < 1.29 is 14.3 Å². The number of aromatic nitrogens is 4. The second-order valence-electron chi connectivity index (χ2n) is 8.14. The third-order valence-corrected chi connectivity index (χ3v) is 6.01. The maximum atomic E-state index is 15.1. The van der Waals surface area contributed by atoms with Gasteiger partial charge < -0.3 is 21.1 Å². The zero-order valence-corrected chi connectivity index (χ0v) is 18.1. The molecule has 33 heavy (non-hydrogen) atoms. The van der Waals surface area contributed by atoms with E-state index in [9.17, 15) is 9.90 Å². The Hall–Kier alpha value is -4.21. The molecule has 0 unspecified atom stereocenters. The van der Waals surface area contributed by atoms with Crippen molar-refractivity contribution >= 4 is 34.0 Å². The number of carbonyl (C=O) groups excluding carboxylic acids is 1. The Morgan fingerprint density at radius 2 is 1.97 bits per heavy atom. The van der Waals surface area contributed by atoms with Crippen molar-refractivity contribution in [1.29, 1.82) is 0 Å². The third-order valence-electron chi connectivity index (χ3n) is 6.01. The first kappa shape index (κ1) is 20.7. The van der Waals surface area contributed by atoms with Crippen LogP contribution in [0.3, 0.4) is 0 Å². The van der Waals surface area contributed by atoms with Crippen LogP contribution in [0, 0.1) is 12.7 Å². The minimum absolute atomic E-state index is 0.00833. The Bertz CT molecular complexity index is 1420. The fourth-order valence-electron chi connectivity index (χ4n) is 3.99. The van der Waals surface area contributed by atoms with Gasteiger partial charge in [-0.25, -0.2) is 9.37 Å². The molecule has 0 bridgehead atoms.